The van der Waals surface area contributed by atoms with Crippen molar-refractivity contribution in [3.05, 3.63) is 29.0 Å². The Morgan fingerprint density at radius 2 is 2.12 bits per heavy atom. The predicted octanol–water partition coefficient (Wildman–Crippen LogP) is 3.02. The quantitative estimate of drug-likeness (QED) is 0.838. The van der Waals surface area contributed by atoms with Crippen molar-refractivity contribution in [1.29, 1.82) is 0 Å². The lowest BCUT2D eigenvalue weighted by Crippen LogP contribution is -2.35. The highest BCUT2D eigenvalue weighted by Crippen LogP contribution is 2.34. The highest BCUT2D eigenvalue weighted by Gasteiger charge is 2.31. The Hall–Kier alpha value is -2.09. The summed E-state index contributed by atoms with van der Waals surface area (Å²) in [5, 5.41) is 3.21. The van der Waals surface area contributed by atoms with Crippen LogP contribution in [-0.4, -0.2) is 35.0 Å². The number of aromatic nitrogens is 2. The molecule has 128 valence electrons. The zero-order valence-corrected chi connectivity index (χ0v) is 13.4. The molecule has 1 unspecified atom stereocenters. The minimum atomic E-state index is -4.45. The molecule has 1 aliphatic heterocycles. The van der Waals surface area contributed by atoms with E-state index in [1.54, 1.807) is 0 Å². The van der Waals surface area contributed by atoms with Gasteiger partial charge in [0.25, 0.3) is 0 Å². The summed E-state index contributed by atoms with van der Waals surface area (Å²) in [6, 6.07) is 3.30. The van der Waals surface area contributed by atoms with Gasteiger partial charge in [-0.25, -0.2) is 4.98 Å². The number of rotatable bonds is 2. The average Bonchev–Trinajstić information content (AvgIpc) is 2.92. The number of carbonyl (C=O) groups excluding carboxylic acids is 1. The first-order chi connectivity index (χ1) is 11.2. The third-order valence-electron chi connectivity index (χ3n) is 3.87. The van der Waals surface area contributed by atoms with Gasteiger partial charge in [-0.2, -0.15) is 18.2 Å². The van der Waals surface area contributed by atoms with E-state index in [0.717, 1.165) is 18.6 Å². The Bertz CT molecular complexity index is 796. The SMILES string of the molecule is CC(=O)NC1CCN(c2nc(Cl)nc3cc(C(F)(F)F)ccc23)C1. The largest absolute Gasteiger partial charge is 0.416 e. The first-order valence-corrected chi connectivity index (χ1v) is 7.68. The molecule has 2 aromatic rings. The van der Waals surface area contributed by atoms with Crippen molar-refractivity contribution in [1.82, 2.24) is 15.3 Å². The Morgan fingerprint density at radius 3 is 2.79 bits per heavy atom. The molecule has 1 amide bonds. The number of hydrogen-bond acceptors (Lipinski definition) is 4. The van der Waals surface area contributed by atoms with Gasteiger partial charge >= 0.3 is 6.18 Å². The van der Waals surface area contributed by atoms with Crippen LogP contribution < -0.4 is 10.2 Å². The summed E-state index contributed by atoms with van der Waals surface area (Å²) in [5.74, 6) is 0.355. The number of amides is 1. The van der Waals surface area contributed by atoms with Crippen molar-refractivity contribution >= 4 is 34.2 Å². The van der Waals surface area contributed by atoms with Crippen LogP contribution in [0, 0.1) is 0 Å². The van der Waals surface area contributed by atoms with Crippen LogP contribution in [0.15, 0.2) is 18.2 Å². The molecule has 1 aliphatic rings. The molecule has 0 saturated carbocycles. The second-order valence-electron chi connectivity index (χ2n) is 5.68. The Balaban J connectivity index is 1.98. The summed E-state index contributed by atoms with van der Waals surface area (Å²) in [7, 11) is 0. The van der Waals surface area contributed by atoms with E-state index in [1.165, 1.54) is 13.0 Å². The molecular formula is C15H14ClF3N4O. The summed E-state index contributed by atoms with van der Waals surface area (Å²) in [5.41, 5.74) is -0.643. The van der Waals surface area contributed by atoms with Gasteiger partial charge in [-0.3, -0.25) is 4.79 Å². The molecular weight excluding hydrogens is 345 g/mol. The second kappa shape index (κ2) is 6.08. The van der Waals surface area contributed by atoms with Crippen molar-refractivity contribution < 1.29 is 18.0 Å². The van der Waals surface area contributed by atoms with Crippen LogP contribution >= 0.6 is 11.6 Å². The summed E-state index contributed by atoms with van der Waals surface area (Å²) < 4.78 is 38.6. The summed E-state index contributed by atoms with van der Waals surface area (Å²) in [6.45, 7) is 2.58. The molecule has 5 nitrogen and oxygen atoms in total. The first-order valence-electron chi connectivity index (χ1n) is 7.30. The van der Waals surface area contributed by atoms with E-state index >= 15 is 0 Å². The third-order valence-corrected chi connectivity index (χ3v) is 4.04. The molecule has 2 heterocycles. The second-order valence-corrected chi connectivity index (χ2v) is 6.02. The van der Waals surface area contributed by atoms with Crippen LogP contribution in [0.2, 0.25) is 5.28 Å². The lowest BCUT2D eigenvalue weighted by molar-refractivity contribution is -0.137. The Labute approximate surface area is 140 Å². The monoisotopic (exact) mass is 358 g/mol. The van der Waals surface area contributed by atoms with Crippen molar-refractivity contribution in [3.8, 4) is 0 Å². The van der Waals surface area contributed by atoms with Gasteiger partial charge in [-0.05, 0) is 36.2 Å². The number of fused-ring (bicyclic) bond motifs is 1. The molecule has 0 spiro atoms. The molecule has 0 radical (unpaired) electrons. The van der Waals surface area contributed by atoms with Crippen molar-refractivity contribution in [3.63, 3.8) is 0 Å². The van der Waals surface area contributed by atoms with Gasteiger partial charge in [0.15, 0.2) is 0 Å². The molecule has 24 heavy (non-hydrogen) atoms. The number of hydrogen-bond donors (Lipinski definition) is 1. The van der Waals surface area contributed by atoms with Crippen LogP contribution in [0.1, 0.15) is 18.9 Å². The van der Waals surface area contributed by atoms with Gasteiger partial charge < -0.3 is 10.2 Å². The summed E-state index contributed by atoms with van der Waals surface area (Å²) in [6.07, 6.45) is -3.72. The maximum atomic E-state index is 12.9. The number of halogens is 4. The average molecular weight is 359 g/mol. The van der Waals surface area contributed by atoms with Gasteiger partial charge in [0, 0.05) is 31.4 Å². The zero-order valence-electron chi connectivity index (χ0n) is 12.7. The number of carbonyl (C=O) groups is 1. The number of nitrogens with one attached hydrogen (secondary N) is 1. The number of anilines is 1. The molecule has 3 rings (SSSR count). The Morgan fingerprint density at radius 1 is 1.38 bits per heavy atom. The predicted molar refractivity (Wildman–Crippen MR) is 84.0 cm³/mol. The van der Waals surface area contributed by atoms with E-state index < -0.39 is 11.7 Å². The fourth-order valence-corrected chi connectivity index (χ4v) is 3.03. The lowest BCUT2D eigenvalue weighted by atomic mass is 10.1. The molecule has 1 saturated heterocycles. The van der Waals surface area contributed by atoms with Gasteiger partial charge in [0.2, 0.25) is 11.2 Å². The number of nitrogens with zero attached hydrogens (tertiary/aromatic N) is 3. The normalized spacial score (nSPS) is 18.2. The lowest BCUT2D eigenvalue weighted by Gasteiger charge is -2.20. The molecule has 0 aliphatic carbocycles. The van der Waals surface area contributed by atoms with E-state index in [-0.39, 0.29) is 22.7 Å². The maximum absolute atomic E-state index is 12.9. The number of benzene rings is 1. The van der Waals surface area contributed by atoms with E-state index in [9.17, 15) is 18.0 Å². The molecule has 9 heteroatoms. The maximum Gasteiger partial charge on any atom is 0.416 e. The zero-order chi connectivity index (χ0) is 17.5. The van der Waals surface area contributed by atoms with Crippen molar-refractivity contribution in [2.45, 2.75) is 25.6 Å². The molecule has 1 N–H and O–H groups in total. The molecule has 1 atom stereocenters. The van der Waals surface area contributed by atoms with E-state index in [0.29, 0.717) is 24.3 Å². The smallest absolute Gasteiger partial charge is 0.354 e. The topological polar surface area (TPSA) is 58.1 Å². The minimum absolute atomic E-state index is 0.0271. The highest BCUT2D eigenvalue weighted by atomic mass is 35.5. The summed E-state index contributed by atoms with van der Waals surface area (Å²) >= 11 is 5.89. The molecule has 1 aromatic carbocycles. The van der Waals surface area contributed by atoms with E-state index in [2.05, 4.69) is 15.3 Å². The van der Waals surface area contributed by atoms with Gasteiger partial charge in [0.05, 0.1) is 11.1 Å². The summed E-state index contributed by atoms with van der Waals surface area (Å²) in [4.78, 5) is 21.1. The van der Waals surface area contributed by atoms with Crippen LogP contribution in [0.3, 0.4) is 0 Å². The van der Waals surface area contributed by atoms with Crippen LogP contribution in [-0.2, 0) is 11.0 Å². The third kappa shape index (κ3) is 3.38. The Kier molecular flexibility index (Phi) is 4.25. The molecule has 0 bridgehead atoms. The van der Waals surface area contributed by atoms with Gasteiger partial charge in [-0.1, -0.05) is 0 Å². The number of alkyl halides is 3. The van der Waals surface area contributed by atoms with Crippen LogP contribution in [0.4, 0.5) is 19.0 Å². The van der Waals surface area contributed by atoms with Gasteiger partial charge in [-0.15, -0.1) is 0 Å². The molecule has 1 aromatic heterocycles. The standard InChI is InChI=1S/C15H14ClF3N4O/c1-8(24)20-10-4-5-23(7-10)13-11-3-2-9(15(17,18)19)6-12(11)21-14(16)22-13/h2-3,6,10H,4-5,7H2,1H3,(H,20,24). The van der Waals surface area contributed by atoms with Crippen molar-refractivity contribution in [2.24, 2.45) is 0 Å². The van der Waals surface area contributed by atoms with Crippen LogP contribution in [0.5, 0.6) is 0 Å². The van der Waals surface area contributed by atoms with E-state index in [1.807, 2.05) is 4.90 Å². The first kappa shape index (κ1) is 16.8. The highest BCUT2D eigenvalue weighted by molar-refractivity contribution is 6.28. The minimum Gasteiger partial charge on any atom is -0.354 e. The van der Waals surface area contributed by atoms with E-state index in [4.69, 9.17) is 11.6 Å². The fourth-order valence-electron chi connectivity index (χ4n) is 2.86. The van der Waals surface area contributed by atoms with Gasteiger partial charge in [0.1, 0.15) is 5.82 Å². The fraction of sp³-hybridized carbons (Fsp3) is 0.400. The molecule has 1 fully saturated rings. The van der Waals surface area contributed by atoms with Crippen LogP contribution in [0.25, 0.3) is 10.9 Å². The van der Waals surface area contributed by atoms with Crippen molar-refractivity contribution in [2.75, 3.05) is 18.0 Å².